The third-order valence-corrected chi connectivity index (χ3v) is 2.94. The Kier molecular flexibility index (Phi) is 4.87. The number of hydrogen-bond acceptors (Lipinski definition) is 4. The molecule has 0 aromatic carbocycles. The number of rotatable bonds is 7. The Bertz CT molecular complexity index is 518. The summed E-state index contributed by atoms with van der Waals surface area (Å²) < 4.78 is 0. The molecule has 104 valence electrons. The van der Waals surface area contributed by atoms with E-state index in [9.17, 15) is 0 Å². The van der Waals surface area contributed by atoms with Crippen LogP contribution in [0.15, 0.2) is 12.3 Å². The predicted molar refractivity (Wildman–Crippen MR) is 78.0 cm³/mol. The van der Waals surface area contributed by atoms with Gasteiger partial charge in [-0.1, -0.05) is 13.8 Å². The van der Waals surface area contributed by atoms with Crippen LogP contribution in [0.1, 0.15) is 25.2 Å². The van der Waals surface area contributed by atoms with Crippen LogP contribution >= 0.6 is 0 Å². The Labute approximate surface area is 114 Å². The Morgan fingerprint density at radius 2 is 2.05 bits per heavy atom. The minimum Gasteiger partial charge on any atom is -0.341 e. The molecule has 0 saturated heterocycles. The van der Waals surface area contributed by atoms with Gasteiger partial charge in [0.05, 0.1) is 5.52 Å². The molecule has 0 spiro atoms. The number of pyridine rings is 1. The van der Waals surface area contributed by atoms with Crippen molar-refractivity contribution < 1.29 is 0 Å². The van der Waals surface area contributed by atoms with Gasteiger partial charge in [-0.05, 0) is 31.0 Å². The van der Waals surface area contributed by atoms with Gasteiger partial charge in [-0.25, -0.2) is 9.97 Å². The van der Waals surface area contributed by atoms with Gasteiger partial charge in [-0.2, -0.15) is 0 Å². The summed E-state index contributed by atoms with van der Waals surface area (Å²) in [5, 5.41) is 6.86. The first kappa shape index (κ1) is 14.0. The number of nitrogens with zero attached hydrogens (tertiary/aromatic N) is 2. The molecule has 2 aromatic heterocycles. The summed E-state index contributed by atoms with van der Waals surface area (Å²) in [5.74, 6) is 1.61. The third-order valence-electron chi connectivity index (χ3n) is 2.94. The van der Waals surface area contributed by atoms with Gasteiger partial charge in [0.2, 0.25) is 0 Å². The fourth-order valence-electron chi connectivity index (χ4n) is 2.02. The largest absolute Gasteiger partial charge is 0.341 e. The maximum atomic E-state index is 4.34. The van der Waals surface area contributed by atoms with E-state index in [0.717, 1.165) is 43.2 Å². The number of aromatic amines is 1. The van der Waals surface area contributed by atoms with Gasteiger partial charge in [-0.3, -0.25) is 0 Å². The summed E-state index contributed by atoms with van der Waals surface area (Å²) in [6.45, 7) is 10.3. The first-order chi connectivity index (χ1) is 9.16. The van der Waals surface area contributed by atoms with E-state index in [1.807, 2.05) is 19.2 Å². The van der Waals surface area contributed by atoms with Gasteiger partial charge in [0, 0.05) is 25.8 Å². The van der Waals surface area contributed by atoms with Crippen molar-refractivity contribution in [2.24, 2.45) is 5.92 Å². The van der Waals surface area contributed by atoms with Crippen LogP contribution in [0.2, 0.25) is 0 Å². The molecule has 0 aliphatic carbocycles. The summed E-state index contributed by atoms with van der Waals surface area (Å²) in [6.07, 6.45) is 1.82. The van der Waals surface area contributed by atoms with Crippen molar-refractivity contribution in [3.8, 4) is 0 Å². The molecule has 2 aromatic rings. The molecule has 5 heteroatoms. The van der Waals surface area contributed by atoms with Crippen molar-refractivity contribution in [2.45, 2.75) is 27.3 Å². The van der Waals surface area contributed by atoms with Gasteiger partial charge in [0.15, 0.2) is 5.65 Å². The number of H-pyrrole nitrogens is 1. The SMILES string of the molecule is Cc1nc2nccc(CNCCNCC(C)C)c2[nH]1. The zero-order valence-corrected chi connectivity index (χ0v) is 12.0. The number of fused-ring (bicyclic) bond motifs is 1. The summed E-state index contributed by atoms with van der Waals surface area (Å²) >= 11 is 0. The number of hydrogen-bond donors (Lipinski definition) is 3. The maximum Gasteiger partial charge on any atom is 0.177 e. The molecule has 0 amide bonds. The van der Waals surface area contributed by atoms with E-state index in [0.29, 0.717) is 5.92 Å². The predicted octanol–water partition coefficient (Wildman–Crippen LogP) is 1.60. The molecule has 0 saturated carbocycles. The fourth-order valence-corrected chi connectivity index (χ4v) is 2.02. The lowest BCUT2D eigenvalue weighted by Crippen LogP contribution is -2.29. The molecule has 2 rings (SSSR count). The van der Waals surface area contributed by atoms with Crippen LogP contribution < -0.4 is 10.6 Å². The first-order valence-corrected chi connectivity index (χ1v) is 6.88. The highest BCUT2D eigenvalue weighted by Gasteiger charge is 2.05. The molecule has 0 bridgehead atoms. The highest BCUT2D eigenvalue weighted by Crippen LogP contribution is 2.13. The molecule has 5 nitrogen and oxygen atoms in total. The minimum absolute atomic E-state index is 0.702. The molecular weight excluding hydrogens is 238 g/mol. The lowest BCUT2D eigenvalue weighted by Gasteiger charge is -2.08. The lowest BCUT2D eigenvalue weighted by atomic mass is 10.2. The Morgan fingerprint density at radius 1 is 1.26 bits per heavy atom. The molecular formula is C14H23N5. The van der Waals surface area contributed by atoms with Crippen molar-refractivity contribution in [2.75, 3.05) is 19.6 Å². The summed E-state index contributed by atoms with van der Waals surface area (Å²) in [7, 11) is 0. The smallest absolute Gasteiger partial charge is 0.177 e. The van der Waals surface area contributed by atoms with E-state index >= 15 is 0 Å². The molecule has 0 aliphatic rings. The van der Waals surface area contributed by atoms with Crippen LogP contribution in [-0.2, 0) is 6.54 Å². The van der Waals surface area contributed by atoms with E-state index < -0.39 is 0 Å². The second-order valence-electron chi connectivity index (χ2n) is 5.27. The average Bonchev–Trinajstić information content (AvgIpc) is 2.74. The first-order valence-electron chi connectivity index (χ1n) is 6.88. The van der Waals surface area contributed by atoms with E-state index in [1.54, 1.807) is 0 Å². The van der Waals surface area contributed by atoms with Crippen LogP contribution in [0.3, 0.4) is 0 Å². The van der Waals surface area contributed by atoms with Crippen LogP contribution in [0, 0.1) is 12.8 Å². The second kappa shape index (κ2) is 6.63. The fraction of sp³-hybridized carbons (Fsp3) is 0.571. The standard InChI is InChI=1S/C14H23N5/c1-10(2)8-15-6-7-16-9-12-4-5-17-14-13(12)18-11(3)19-14/h4-5,10,15-16H,6-9H2,1-3H3,(H,17,18,19). The Balaban J connectivity index is 1.81. The highest BCUT2D eigenvalue weighted by molar-refractivity contribution is 5.74. The molecule has 0 radical (unpaired) electrons. The zero-order chi connectivity index (χ0) is 13.7. The molecule has 0 aliphatic heterocycles. The van der Waals surface area contributed by atoms with Crippen LogP contribution in [0.5, 0.6) is 0 Å². The third kappa shape index (κ3) is 4.01. The van der Waals surface area contributed by atoms with Crippen LogP contribution in [0.25, 0.3) is 11.2 Å². The van der Waals surface area contributed by atoms with Crippen molar-refractivity contribution in [3.05, 3.63) is 23.7 Å². The van der Waals surface area contributed by atoms with Gasteiger partial charge in [0.25, 0.3) is 0 Å². The van der Waals surface area contributed by atoms with E-state index in [2.05, 4.69) is 39.4 Å². The quantitative estimate of drug-likeness (QED) is 0.662. The van der Waals surface area contributed by atoms with Crippen molar-refractivity contribution in [1.29, 1.82) is 0 Å². The van der Waals surface area contributed by atoms with Gasteiger partial charge >= 0.3 is 0 Å². The number of aromatic nitrogens is 3. The number of nitrogens with one attached hydrogen (secondary N) is 3. The molecule has 0 fully saturated rings. The topological polar surface area (TPSA) is 65.6 Å². The molecule has 19 heavy (non-hydrogen) atoms. The van der Waals surface area contributed by atoms with Crippen LogP contribution in [-0.4, -0.2) is 34.6 Å². The van der Waals surface area contributed by atoms with Crippen molar-refractivity contribution >= 4 is 11.2 Å². The van der Waals surface area contributed by atoms with Crippen molar-refractivity contribution in [3.63, 3.8) is 0 Å². The average molecular weight is 261 g/mol. The van der Waals surface area contributed by atoms with Crippen LogP contribution in [0.4, 0.5) is 0 Å². The molecule has 3 N–H and O–H groups in total. The monoisotopic (exact) mass is 261 g/mol. The summed E-state index contributed by atoms with van der Waals surface area (Å²) in [4.78, 5) is 11.9. The number of imidazole rings is 1. The summed E-state index contributed by atoms with van der Waals surface area (Å²) in [6, 6.07) is 2.04. The Hall–Kier alpha value is -1.46. The van der Waals surface area contributed by atoms with E-state index in [1.165, 1.54) is 5.56 Å². The van der Waals surface area contributed by atoms with Gasteiger partial charge in [-0.15, -0.1) is 0 Å². The molecule has 0 atom stereocenters. The van der Waals surface area contributed by atoms with E-state index in [-0.39, 0.29) is 0 Å². The second-order valence-corrected chi connectivity index (χ2v) is 5.27. The minimum atomic E-state index is 0.702. The normalized spacial score (nSPS) is 11.6. The number of aryl methyl sites for hydroxylation is 1. The highest BCUT2D eigenvalue weighted by atomic mass is 15.0. The van der Waals surface area contributed by atoms with Gasteiger partial charge < -0.3 is 15.6 Å². The zero-order valence-electron chi connectivity index (χ0n) is 12.0. The molecule has 2 heterocycles. The lowest BCUT2D eigenvalue weighted by molar-refractivity contribution is 0.535. The van der Waals surface area contributed by atoms with Gasteiger partial charge in [0.1, 0.15) is 5.82 Å². The van der Waals surface area contributed by atoms with Crippen molar-refractivity contribution in [1.82, 2.24) is 25.6 Å². The molecule has 0 unspecified atom stereocenters. The summed E-state index contributed by atoms with van der Waals surface area (Å²) in [5.41, 5.74) is 3.06. The van der Waals surface area contributed by atoms with E-state index in [4.69, 9.17) is 0 Å². The Morgan fingerprint density at radius 3 is 2.84 bits per heavy atom. The maximum absolute atomic E-state index is 4.34.